The summed E-state index contributed by atoms with van der Waals surface area (Å²) in [5.41, 5.74) is -2.28. The Balaban J connectivity index is 3.12. The maximum Gasteiger partial charge on any atom is 0.372 e. The summed E-state index contributed by atoms with van der Waals surface area (Å²) in [5.74, 6) is -3.54. The van der Waals surface area contributed by atoms with Gasteiger partial charge < -0.3 is 19.7 Å². The molecule has 0 bridgehead atoms. The highest BCUT2D eigenvalue weighted by atomic mass is 16.6. The molecule has 1 atom stereocenters. The predicted octanol–water partition coefficient (Wildman–Crippen LogP) is 0.118. The lowest BCUT2D eigenvalue weighted by molar-refractivity contribution is -0.164. The third-order valence-electron chi connectivity index (χ3n) is 2.61. The maximum absolute atomic E-state index is 11.6. The summed E-state index contributed by atoms with van der Waals surface area (Å²) in [6, 6.07) is 5.86. The van der Waals surface area contributed by atoms with Crippen molar-refractivity contribution in [2.45, 2.75) is 12.6 Å². The average Bonchev–Trinajstić information content (AvgIpc) is 2.42. The summed E-state index contributed by atoms with van der Waals surface area (Å²) >= 11 is 0. The van der Waals surface area contributed by atoms with Crippen LogP contribution >= 0.6 is 0 Å². The number of aliphatic carboxylic acids is 2. The van der Waals surface area contributed by atoms with Crippen molar-refractivity contribution in [3.05, 3.63) is 24.3 Å². The lowest BCUT2D eigenvalue weighted by atomic mass is 10.1. The van der Waals surface area contributed by atoms with Crippen LogP contribution in [0.2, 0.25) is 0 Å². The van der Waals surface area contributed by atoms with Crippen molar-refractivity contribution in [1.82, 2.24) is 5.32 Å². The molecule has 0 aliphatic heterocycles. The number of likely N-dealkylation sites (N-methyl/N-ethyl adjacent to an activating group) is 1. The molecule has 0 saturated heterocycles. The second kappa shape index (κ2) is 6.71. The minimum Gasteiger partial charge on any atom is -0.479 e. The summed E-state index contributed by atoms with van der Waals surface area (Å²) in [6.45, 7) is 0.436. The quantitative estimate of drug-likeness (QED) is 0.457. The lowest BCUT2D eigenvalue weighted by Crippen LogP contribution is -2.60. The van der Waals surface area contributed by atoms with Crippen LogP contribution in [0.25, 0.3) is 0 Å². The minimum absolute atomic E-state index is 0.0158. The normalized spacial score (nSPS) is 13.0. The number of ether oxygens (including phenoxy) is 2. The van der Waals surface area contributed by atoms with E-state index in [4.69, 9.17) is 14.6 Å². The van der Waals surface area contributed by atoms with E-state index in [1.807, 2.05) is 0 Å². The van der Waals surface area contributed by atoms with Crippen LogP contribution in [0.1, 0.15) is 6.92 Å². The Bertz CT molecular complexity index is 541. The molecule has 1 rings (SSSR count). The Morgan fingerprint density at radius 3 is 2.19 bits per heavy atom. The van der Waals surface area contributed by atoms with E-state index < -0.39 is 30.1 Å². The van der Waals surface area contributed by atoms with Gasteiger partial charge in [0.15, 0.2) is 23.9 Å². The summed E-state index contributed by atoms with van der Waals surface area (Å²) in [7, 11) is 1.26. The molecule has 0 fully saturated rings. The van der Waals surface area contributed by atoms with E-state index in [-0.39, 0.29) is 11.5 Å². The van der Waals surface area contributed by atoms with Gasteiger partial charge in [-0.2, -0.15) is 0 Å². The number of carboxylic acids is 2. The van der Waals surface area contributed by atoms with Gasteiger partial charge in [-0.1, -0.05) is 12.1 Å². The standard InChI is InChI=1S/C13H15NO7/c1-8(15)13(14-2,12(18)19)21-10-6-4-3-5-9(10)20-7-11(16)17/h3-6,14H,7H2,1-2H3,(H,16,17)(H,18,19). The molecule has 0 radical (unpaired) electrons. The molecule has 21 heavy (non-hydrogen) atoms. The third-order valence-corrected chi connectivity index (χ3v) is 2.61. The van der Waals surface area contributed by atoms with Crippen LogP contribution < -0.4 is 14.8 Å². The zero-order valence-corrected chi connectivity index (χ0v) is 11.5. The largest absolute Gasteiger partial charge is 0.479 e. The number of benzene rings is 1. The fourth-order valence-electron chi connectivity index (χ4n) is 1.56. The molecule has 0 aromatic heterocycles. The van der Waals surface area contributed by atoms with E-state index in [1.54, 1.807) is 6.07 Å². The molecule has 0 heterocycles. The molecule has 0 spiro atoms. The van der Waals surface area contributed by atoms with Gasteiger partial charge in [-0.05, 0) is 19.2 Å². The van der Waals surface area contributed by atoms with Crippen LogP contribution in [-0.2, 0) is 14.4 Å². The highest BCUT2D eigenvalue weighted by Crippen LogP contribution is 2.29. The molecule has 0 aliphatic carbocycles. The number of carbonyl (C=O) groups is 3. The van der Waals surface area contributed by atoms with Crippen molar-refractivity contribution in [2.75, 3.05) is 13.7 Å². The third kappa shape index (κ3) is 3.69. The first-order valence-electron chi connectivity index (χ1n) is 5.89. The monoisotopic (exact) mass is 297 g/mol. The number of Topliss-reactive ketones (excluding diaryl/α,β-unsaturated/α-hetero) is 1. The average molecular weight is 297 g/mol. The smallest absolute Gasteiger partial charge is 0.372 e. The van der Waals surface area contributed by atoms with Gasteiger partial charge in [-0.3, -0.25) is 10.1 Å². The number of hydrogen-bond donors (Lipinski definition) is 3. The van der Waals surface area contributed by atoms with Crippen LogP contribution in [0.5, 0.6) is 11.5 Å². The van der Waals surface area contributed by atoms with E-state index in [1.165, 1.54) is 25.2 Å². The Kier molecular flexibility index (Phi) is 5.25. The number of carbonyl (C=O) groups excluding carboxylic acids is 1. The lowest BCUT2D eigenvalue weighted by Gasteiger charge is -2.27. The Morgan fingerprint density at radius 2 is 1.76 bits per heavy atom. The van der Waals surface area contributed by atoms with Crippen LogP contribution in [0, 0.1) is 0 Å². The van der Waals surface area contributed by atoms with Gasteiger partial charge >= 0.3 is 17.7 Å². The molecule has 1 aromatic carbocycles. The second-order valence-corrected chi connectivity index (χ2v) is 4.02. The van der Waals surface area contributed by atoms with Crippen LogP contribution in [-0.4, -0.2) is 47.3 Å². The fraction of sp³-hybridized carbons (Fsp3) is 0.308. The van der Waals surface area contributed by atoms with Crippen molar-refractivity contribution >= 4 is 17.7 Å². The van der Waals surface area contributed by atoms with E-state index >= 15 is 0 Å². The zero-order chi connectivity index (χ0) is 16.0. The first kappa shape index (κ1) is 16.4. The van der Waals surface area contributed by atoms with Gasteiger partial charge in [0.1, 0.15) is 0 Å². The first-order valence-corrected chi connectivity index (χ1v) is 5.89. The van der Waals surface area contributed by atoms with Gasteiger partial charge in [-0.25, -0.2) is 9.59 Å². The Hall–Kier alpha value is -2.61. The molecular weight excluding hydrogens is 282 g/mol. The SMILES string of the molecule is CNC(Oc1ccccc1OCC(=O)O)(C(C)=O)C(=O)O. The molecule has 8 heteroatoms. The summed E-state index contributed by atoms with van der Waals surface area (Å²) in [4.78, 5) is 33.5. The van der Waals surface area contributed by atoms with Crippen molar-refractivity contribution < 1.29 is 34.1 Å². The minimum atomic E-state index is -2.28. The summed E-state index contributed by atoms with van der Waals surface area (Å²) < 4.78 is 10.3. The molecule has 1 aromatic rings. The molecule has 114 valence electrons. The van der Waals surface area contributed by atoms with E-state index in [0.29, 0.717) is 0 Å². The molecule has 0 saturated carbocycles. The zero-order valence-electron chi connectivity index (χ0n) is 11.5. The molecule has 1 unspecified atom stereocenters. The number of para-hydroxylation sites is 2. The second-order valence-electron chi connectivity index (χ2n) is 4.02. The van der Waals surface area contributed by atoms with Gasteiger partial charge in [0.05, 0.1) is 0 Å². The van der Waals surface area contributed by atoms with Crippen molar-refractivity contribution in [1.29, 1.82) is 0 Å². The number of ketones is 1. The van der Waals surface area contributed by atoms with Crippen molar-refractivity contribution in [2.24, 2.45) is 0 Å². The highest BCUT2D eigenvalue weighted by Gasteiger charge is 2.45. The van der Waals surface area contributed by atoms with Crippen molar-refractivity contribution in [3.63, 3.8) is 0 Å². The summed E-state index contributed by atoms with van der Waals surface area (Å²) in [5, 5.41) is 20.1. The molecule has 0 aliphatic rings. The predicted molar refractivity (Wildman–Crippen MR) is 70.3 cm³/mol. The molecular formula is C13H15NO7. The Labute approximate surface area is 120 Å². The fourth-order valence-corrected chi connectivity index (χ4v) is 1.56. The number of carboxylic acid groups (broad SMARTS) is 2. The Morgan fingerprint density at radius 1 is 1.19 bits per heavy atom. The van der Waals surface area contributed by atoms with E-state index in [0.717, 1.165) is 6.92 Å². The number of rotatable bonds is 8. The van der Waals surface area contributed by atoms with E-state index in [9.17, 15) is 19.5 Å². The number of nitrogens with one attached hydrogen (secondary N) is 1. The molecule has 3 N–H and O–H groups in total. The first-order chi connectivity index (χ1) is 9.83. The molecule has 0 amide bonds. The number of hydrogen-bond acceptors (Lipinski definition) is 6. The topological polar surface area (TPSA) is 122 Å². The van der Waals surface area contributed by atoms with Crippen LogP contribution in [0.3, 0.4) is 0 Å². The van der Waals surface area contributed by atoms with Crippen LogP contribution in [0.15, 0.2) is 24.3 Å². The summed E-state index contributed by atoms with van der Waals surface area (Å²) in [6.07, 6.45) is 0. The van der Waals surface area contributed by atoms with Gasteiger partial charge in [0, 0.05) is 6.92 Å². The van der Waals surface area contributed by atoms with Crippen LogP contribution in [0.4, 0.5) is 0 Å². The molecule has 8 nitrogen and oxygen atoms in total. The van der Waals surface area contributed by atoms with Gasteiger partial charge in [0.25, 0.3) is 0 Å². The highest BCUT2D eigenvalue weighted by molar-refractivity contribution is 6.05. The van der Waals surface area contributed by atoms with Gasteiger partial charge in [-0.15, -0.1) is 0 Å². The maximum atomic E-state index is 11.6. The van der Waals surface area contributed by atoms with Gasteiger partial charge in [0.2, 0.25) is 0 Å². The van der Waals surface area contributed by atoms with Crippen molar-refractivity contribution in [3.8, 4) is 11.5 Å². The van der Waals surface area contributed by atoms with E-state index in [2.05, 4.69) is 5.32 Å².